The first-order valence-corrected chi connectivity index (χ1v) is 6.49. The predicted octanol–water partition coefficient (Wildman–Crippen LogP) is 0.202. The average molecular weight is 274 g/mol. The number of urea groups is 1. The Kier molecular flexibility index (Phi) is 7.20. The van der Waals surface area contributed by atoms with Gasteiger partial charge in [0, 0.05) is 20.3 Å². The Labute approximate surface area is 112 Å². The summed E-state index contributed by atoms with van der Waals surface area (Å²) >= 11 is 0. The summed E-state index contributed by atoms with van der Waals surface area (Å²) in [7, 11) is 1.66. The van der Waals surface area contributed by atoms with Gasteiger partial charge in [0.15, 0.2) is 0 Å². The lowest BCUT2D eigenvalue weighted by Crippen LogP contribution is -2.47. The molecule has 0 spiro atoms. The minimum absolute atomic E-state index is 0.150. The van der Waals surface area contributed by atoms with Gasteiger partial charge in [-0.25, -0.2) is 4.79 Å². The van der Waals surface area contributed by atoms with E-state index >= 15 is 0 Å². The summed E-state index contributed by atoms with van der Waals surface area (Å²) in [6.45, 7) is 1.70. The predicted molar refractivity (Wildman–Crippen MR) is 68.0 cm³/mol. The number of hydrogen-bond acceptors (Lipinski definition) is 4. The maximum absolute atomic E-state index is 11.6. The number of aliphatic carboxylic acids is 1. The normalized spacial score (nSPS) is 22.2. The maximum atomic E-state index is 11.6. The van der Waals surface area contributed by atoms with E-state index in [1.165, 1.54) is 0 Å². The van der Waals surface area contributed by atoms with Crippen molar-refractivity contribution in [3.63, 3.8) is 0 Å². The Morgan fingerprint density at radius 1 is 1.32 bits per heavy atom. The van der Waals surface area contributed by atoms with Crippen molar-refractivity contribution in [3.8, 4) is 0 Å². The first-order chi connectivity index (χ1) is 9.15. The summed E-state index contributed by atoms with van der Waals surface area (Å²) < 4.78 is 9.99. The summed E-state index contributed by atoms with van der Waals surface area (Å²) in [5.74, 6) is -1.60. The molecule has 1 fully saturated rings. The molecule has 1 rings (SSSR count). The fourth-order valence-electron chi connectivity index (χ4n) is 1.91. The van der Waals surface area contributed by atoms with Crippen molar-refractivity contribution < 1.29 is 24.2 Å². The number of carboxylic acids is 1. The van der Waals surface area contributed by atoms with E-state index in [-0.39, 0.29) is 19.2 Å². The Hall–Kier alpha value is -1.34. The highest BCUT2D eigenvalue weighted by Gasteiger charge is 2.34. The van der Waals surface area contributed by atoms with Gasteiger partial charge in [-0.1, -0.05) is 0 Å². The van der Waals surface area contributed by atoms with Gasteiger partial charge in [0.25, 0.3) is 0 Å². The average Bonchev–Trinajstić information content (AvgIpc) is 2.81. The van der Waals surface area contributed by atoms with E-state index < -0.39 is 17.9 Å². The molecule has 7 nitrogen and oxygen atoms in total. The molecular formula is C12H22N2O5. The van der Waals surface area contributed by atoms with Crippen molar-refractivity contribution in [2.45, 2.75) is 25.3 Å². The van der Waals surface area contributed by atoms with E-state index in [1.807, 2.05) is 0 Å². The van der Waals surface area contributed by atoms with Gasteiger partial charge in [-0.2, -0.15) is 0 Å². The third-order valence-corrected chi connectivity index (χ3v) is 3.03. The number of ether oxygens (including phenoxy) is 2. The summed E-state index contributed by atoms with van der Waals surface area (Å²) in [5.41, 5.74) is 0. The van der Waals surface area contributed by atoms with Crippen LogP contribution in [0.3, 0.4) is 0 Å². The quantitative estimate of drug-likeness (QED) is 0.549. The van der Waals surface area contributed by atoms with Gasteiger partial charge in [-0.15, -0.1) is 0 Å². The van der Waals surface area contributed by atoms with E-state index in [2.05, 4.69) is 10.6 Å². The zero-order chi connectivity index (χ0) is 14.1. The zero-order valence-electron chi connectivity index (χ0n) is 11.2. The van der Waals surface area contributed by atoms with E-state index in [0.717, 1.165) is 25.9 Å². The van der Waals surface area contributed by atoms with Gasteiger partial charge in [-0.3, -0.25) is 4.79 Å². The molecule has 0 aromatic rings. The number of unbranched alkanes of at least 4 members (excludes halogenated alkanes) is 2. The van der Waals surface area contributed by atoms with Crippen molar-refractivity contribution in [1.29, 1.82) is 0 Å². The van der Waals surface area contributed by atoms with Crippen LogP contribution >= 0.6 is 0 Å². The number of carbonyl (C=O) groups is 2. The summed E-state index contributed by atoms with van der Waals surface area (Å²) in [6.07, 6.45) is 2.83. The molecule has 1 saturated heterocycles. The van der Waals surface area contributed by atoms with Crippen LogP contribution in [0.2, 0.25) is 0 Å². The molecule has 1 aliphatic heterocycles. The molecule has 2 amide bonds. The lowest BCUT2D eigenvalue weighted by Gasteiger charge is -2.16. The molecule has 7 heteroatoms. The number of nitrogens with one attached hydrogen (secondary N) is 2. The number of hydrogen-bond donors (Lipinski definition) is 3. The second kappa shape index (κ2) is 8.71. The largest absolute Gasteiger partial charge is 0.481 e. The maximum Gasteiger partial charge on any atom is 0.315 e. The third-order valence-electron chi connectivity index (χ3n) is 3.03. The molecule has 0 aromatic heterocycles. The first-order valence-electron chi connectivity index (χ1n) is 6.49. The molecule has 0 aliphatic carbocycles. The van der Waals surface area contributed by atoms with Gasteiger partial charge in [0.05, 0.1) is 19.3 Å². The zero-order valence-corrected chi connectivity index (χ0v) is 11.2. The van der Waals surface area contributed by atoms with Crippen molar-refractivity contribution in [3.05, 3.63) is 0 Å². The fraction of sp³-hybridized carbons (Fsp3) is 0.833. The second-order valence-corrected chi connectivity index (χ2v) is 4.54. The molecular weight excluding hydrogens is 252 g/mol. The monoisotopic (exact) mass is 274 g/mol. The van der Waals surface area contributed by atoms with Gasteiger partial charge in [0.2, 0.25) is 0 Å². The van der Waals surface area contributed by atoms with Crippen LogP contribution in [0.25, 0.3) is 0 Å². The van der Waals surface area contributed by atoms with Gasteiger partial charge in [0.1, 0.15) is 5.92 Å². The number of carbonyl (C=O) groups excluding carboxylic acids is 1. The standard InChI is InChI=1S/C12H22N2O5/c1-18-6-4-2-3-5-13-12(17)14-10-8-19-7-9(10)11(15)16/h9-10H,2-8H2,1H3,(H,15,16)(H2,13,14,17). The number of amides is 2. The second-order valence-electron chi connectivity index (χ2n) is 4.54. The van der Waals surface area contributed by atoms with Crippen LogP contribution in [0.4, 0.5) is 4.79 Å². The third kappa shape index (κ3) is 5.89. The Bertz CT molecular complexity index is 298. The molecule has 3 N–H and O–H groups in total. The molecule has 1 aliphatic rings. The van der Waals surface area contributed by atoms with E-state index in [0.29, 0.717) is 6.54 Å². The van der Waals surface area contributed by atoms with E-state index in [4.69, 9.17) is 14.6 Å². The highest BCUT2D eigenvalue weighted by molar-refractivity contribution is 5.77. The molecule has 2 unspecified atom stereocenters. The SMILES string of the molecule is COCCCCCNC(=O)NC1COCC1C(=O)O. The molecule has 0 bridgehead atoms. The summed E-state index contributed by atoms with van der Waals surface area (Å²) in [5, 5.41) is 14.3. The fourth-order valence-corrected chi connectivity index (χ4v) is 1.91. The molecule has 19 heavy (non-hydrogen) atoms. The highest BCUT2D eigenvalue weighted by Crippen LogP contribution is 2.13. The Balaban J connectivity index is 2.12. The molecule has 2 atom stereocenters. The molecule has 0 radical (unpaired) electrons. The van der Waals surface area contributed by atoms with Crippen molar-refractivity contribution in [2.75, 3.05) is 33.5 Å². The smallest absolute Gasteiger partial charge is 0.315 e. The van der Waals surface area contributed by atoms with Gasteiger partial charge < -0.3 is 25.2 Å². The minimum atomic E-state index is -0.942. The van der Waals surface area contributed by atoms with E-state index in [9.17, 15) is 9.59 Å². The topological polar surface area (TPSA) is 96.9 Å². The van der Waals surface area contributed by atoms with Crippen LogP contribution in [-0.4, -0.2) is 56.6 Å². The van der Waals surface area contributed by atoms with Crippen molar-refractivity contribution >= 4 is 12.0 Å². The van der Waals surface area contributed by atoms with Crippen LogP contribution in [0, 0.1) is 5.92 Å². The molecule has 0 aromatic carbocycles. The van der Waals surface area contributed by atoms with Crippen molar-refractivity contribution in [1.82, 2.24) is 10.6 Å². The molecule has 0 saturated carbocycles. The minimum Gasteiger partial charge on any atom is -0.481 e. The number of rotatable bonds is 8. The summed E-state index contributed by atoms with van der Waals surface area (Å²) in [4.78, 5) is 22.5. The lowest BCUT2D eigenvalue weighted by atomic mass is 10.0. The number of methoxy groups -OCH3 is 1. The van der Waals surface area contributed by atoms with Crippen LogP contribution < -0.4 is 10.6 Å². The van der Waals surface area contributed by atoms with Crippen LogP contribution in [0.15, 0.2) is 0 Å². The van der Waals surface area contributed by atoms with Crippen LogP contribution in [0.1, 0.15) is 19.3 Å². The highest BCUT2D eigenvalue weighted by atomic mass is 16.5. The number of carboxylic acid groups (broad SMARTS) is 1. The van der Waals surface area contributed by atoms with Crippen molar-refractivity contribution in [2.24, 2.45) is 5.92 Å². The first kappa shape index (κ1) is 15.7. The van der Waals surface area contributed by atoms with E-state index in [1.54, 1.807) is 7.11 Å². The van der Waals surface area contributed by atoms with Crippen LogP contribution in [-0.2, 0) is 14.3 Å². The lowest BCUT2D eigenvalue weighted by molar-refractivity contribution is -0.142. The Morgan fingerprint density at radius 2 is 2.11 bits per heavy atom. The summed E-state index contributed by atoms with van der Waals surface area (Å²) in [6, 6.07) is -0.792. The van der Waals surface area contributed by atoms with Crippen LogP contribution in [0.5, 0.6) is 0 Å². The van der Waals surface area contributed by atoms with Gasteiger partial charge in [-0.05, 0) is 19.3 Å². The van der Waals surface area contributed by atoms with Gasteiger partial charge >= 0.3 is 12.0 Å². The Morgan fingerprint density at radius 3 is 2.79 bits per heavy atom. The molecule has 1 heterocycles. The molecule has 110 valence electrons.